The van der Waals surface area contributed by atoms with Gasteiger partial charge >= 0.3 is 6.09 Å². The summed E-state index contributed by atoms with van der Waals surface area (Å²) in [5.41, 5.74) is -0.537. The molecule has 206 valence electrons. The number of hydrogen-bond acceptors (Lipinski definition) is 6. The van der Waals surface area contributed by atoms with Crippen LogP contribution in [0.25, 0.3) is 0 Å². The molecule has 10 heteroatoms. The molecular weight excluding hydrogens is 489 g/mol. The van der Waals surface area contributed by atoms with Gasteiger partial charge in [-0.2, -0.15) is 5.26 Å². The maximum Gasteiger partial charge on any atom is 0.408 e. The van der Waals surface area contributed by atoms with Gasteiger partial charge in [0.25, 0.3) is 0 Å². The van der Waals surface area contributed by atoms with Crippen molar-refractivity contribution in [3.63, 3.8) is 0 Å². The number of fused-ring (bicyclic) bond motifs is 2. The Balaban J connectivity index is 1.52. The van der Waals surface area contributed by atoms with E-state index in [-0.39, 0.29) is 36.3 Å². The highest BCUT2D eigenvalue weighted by molar-refractivity contribution is 5.88. The van der Waals surface area contributed by atoms with Gasteiger partial charge < -0.3 is 19.9 Å². The van der Waals surface area contributed by atoms with Crippen LogP contribution in [-0.4, -0.2) is 81.5 Å². The molecule has 2 heterocycles. The number of nitrogens with one attached hydrogen (secondary N) is 1. The molecule has 4 rings (SSSR count). The van der Waals surface area contributed by atoms with Crippen LogP contribution >= 0.6 is 0 Å². The first-order valence-corrected chi connectivity index (χ1v) is 13.3. The summed E-state index contributed by atoms with van der Waals surface area (Å²) in [5, 5.41) is 12.3. The van der Waals surface area contributed by atoms with Crippen molar-refractivity contribution in [2.75, 3.05) is 13.1 Å². The minimum Gasteiger partial charge on any atom is -0.444 e. The molecule has 9 nitrogen and oxygen atoms in total. The number of piperazine rings is 1. The maximum absolute atomic E-state index is 13.7. The quantitative estimate of drug-likeness (QED) is 0.557. The fourth-order valence-electron chi connectivity index (χ4n) is 5.75. The Labute approximate surface area is 223 Å². The zero-order chi connectivity index (χ0) is 28.0. The zero-order valence-corrected chi connectivity index (χ0v) is 23.0. The van der Waals surface area contributed by atoms with Crippen LogP contribution in [-0.2, 0) is 19.9 Å². The standard InChI is InChI=1S/C28H38FN5O4/c1-17(14-30)33(20-11-12-20)24(35)22(31-26(37)38-27(2,3)4)16-32-15-21-13-23(32)25(36)34(21)28(5,6)18-7-9-19(29)10-8-18/h7-10,17,20-23H,11-13,15-16H2,1-6H3,(H,31,37)/t17?,21-,22?,23?/m0/s1. The Morgan fingerprint density at radius 2 is 1.84 bits per heavy atom. The molecule has 2 bridgehead atoms. The van der Waals surface area contributed by atoms with E-state index < -0.39 is 35.4 Å². The highest BCUT2D eigenvalue weighted by atomic mass is 19.1. The van der Waals surface area contributed by atoms with Gasteiger partial charge in [-0.25, -0.2) is 9.18 Å². The number of nitriles is 1. The Morgan fingerprint density at radius 1 is 1.21 bits per heavy atom. The Kier molecular flexibility index (Phi) is 7.45. The van der Waals surface area contributed by atoms with E-state index in [0.29, 0.717) is 13.0 Å². The average Bonchev–Trinajstić information content (AvgIpc) is 3.48. The van der Waals surface area contributed by atoms with Crippen molar-refractivity contribution in [1.29, 1.82) is 5.26 Å². The topological polar surface area (TPSA) is 106 Å². The van der Waals surface area contributed by atoms with Gasteiger partial charge in [-0.1, -0.05) is 12.1 Å². The molecule has 1 saturated carbocycles. The van der Waals surface area contributed by atoms with Crippen LogP contribution in [0.15, 0.2) is 24.3 Å². The second-order valence-electron chi connectivity index (χ2n) is 12.1. The lowest BCUT2D eigenvalue weighted by Gasteiger charge is -2.44. The van der Waals surface area contributed by atoms with Crippen molar-refractivity contribution < 1.29 is 23.5 Å². The van der Waals surface area contributed by atoms with Crippen LogP contribution < -0.4 is 5.32 Å². The number of nitrogens with zero attached hydrogens (tertiary/aromatic N) is 4. The van der Waals surface area contributed by atoms with Crippen molar-refractivity contribution in [3.05, 3.63) is 35.6 Å². The molecule has 2 aliphatic heterocycles. The summed E-state index contributed by atoms with van der Waals surface area (Å²) in [6, 6.07) is 6.21. The third kappa shape index (κ3) is 5.63. The predicted octanol–water partition coefficient (Wildman–Crippen LogP) is 3.14. The van der Waals surface area contributed by atoms with Gasteiger partial charge in [0, 0.05) is 25.2 Å². The molecule has 0 aromatic heterocycles. The van der Waals surface area contributed by atoms with Gasteiger partial charge in [0.1, 0.15) is 23.5 Å². The lowest BCUT2D eigenvalue weighted by atomic mass is 9.91. The van der Waals surface area contributed by atoms with Gasteiger partial charge in [-0.05, 0) is 78.5 Å². The fourth-order valence-corrected chi connectivity index (χ4v) is 5.75. The zero-order valence-electron chi connectivity index (χ0n) is 23.0. The Morgan fingerprint density at radius 3 is 2.37 bits per heavy atom. The molecule has 4 atom stereocenters. The van der Waals surface area contributed by atoms with E-state index in [9.17, 15) is 24.0 Å². The molecule has 3 amide bonds. The third-order valence-electron chi connectivity index (χ3n) is 7.63. The van der Waals surface area contributed by atoms with Gasteiger partial charge in [0.05, 0.1) is 17.6 Å². The predicted molar refractivity (Wildman–Crippen MR) is 138 cm³/mol. The van der Waals surface area contributed by atoms with Gasteiger partial charge in [-0.3, -0.25) is 14.5 Å². The highest BCUT2D eigenvalue weighted by Gasteiger charge is 2.55. The van der Waals surface area contributed by atoms with Crippen LogP contribution in [0.3, 0.4) is 0 Å². The first-order valence-electron chi connectivity index (χ1n) is 13.3. The molecule has 1 aromatic rings. The number of hydrogen-bond donors (Lipinski definition) is 1. The van der Waals surface area contributed by atoms with E-state index >= 15 is 0 Å². The minimum atomic E-state index is -0.966. The van der Waals surface area contributed by atoms with E-state index in [1.54, 1.807) is 44.7 Å². The molecule has 3 fully saturated rings. The van der Waals surface area contributed by atoms with Gasteiger partial charge in [0.2, 0.25) is 11.8 Å². The molecular formula is C28H38FN5O4. The summed E-state index contributed by atoms with van der Waals surface area (Å²) in [5.74, 6) is -0.723. The summed E-state index contributed by atoms with van der Waals surface area (Å²) >= 11 is 0. The smallest absolute Gasteiger partial charge is 0.408 e. The number of rotatable bonds is 8. The van der Waals surface area contributed by atoms with Crippen LogP contribution in [0.5, 0.6) is 0 Å². The second kappa shape index (κ2) is 10.2. The van der Waals surface area contributed by atoms with E-state index in [4.69, 9.17) is 4.74 Å². The maximum atomic E-state index is 13.7. The molecule has 0 spiro atoms. The van der Waals surface area contributed by atoms with Gasteiger partial charge in [0.15, 0.2) is 0 Å². The largest absolute Gasteiger partial charge is 0.444 e. The van der Waals surface area contributed by atoms with Crippen LogP contribution in [0.1, 0.15) is 66.4 Å². The molecule has 3 unspecified atom stereocenters. The number of ether oxygens (including phenoxy) is 1. The number of carbonyl (C=O) groups excluding carboxylic acids is 3. The summed E-state index contributed by atoms with van der Waals surface area (Å²) in [7, 11) is 0. The van der Waals surface area contributed by atoms with Crippen LogP contribution in [0.4, 0.5) is 9.18 Å². The van der Waals surface area contributed by atoms with Crippen molar-refractivity contribution in [1.82, 2.24) is 20.0 Å². The molecule has 1 N–H and O–H groups in total. The lowest BCUT2D eigenvalue weighted by molar-refractivity contribution is -0.145. The Hall–Kier alpha value is -3.19. The molecule has 3 aliphatic rings. The van der Waals surface area contributed by atoms with Crippen molar-refractivity contribution >= 4 is 17.9 Å². The molecule has 1 aliphatic carbocycles. The molecule has 0 radical (unpaired) electrons. The number of amides is 3. The summed E-state index contributed by atoms with van der Waals surface area (Å²) < 4.78 is 18.9. The monoisotopic (exact) mass is 527 g/mol. The van der Waals surface area contributed by atoms with Crippen LogP contribution in [0.2, 0.25) is 0 Å². The highest BCUT2D eigenvalue weighted by Crippen LogP contribution is 2.41. The van der Waals surface area contributed by atoms with E-state index in [1.807, 2.05) is 23.6 Å². The summed E-state index contributed by atoms with van der Waals surface area (Å²) in [6.45, 7) is 11.5. The third-order valence-corrected chi connectivity index (χ3v) is 7.63. The first kappa shape index (κ1) is 27.8. The summed E-state index contributed by atoms with van der Waals surface area (Å²) in [4.78, 5) is 45.4. The molecule has 38 heavy (non-hydrogen) atoms. The van der Waals surface area contributed by atoms with Crippen molar-refractivity contribution in [2.45, 2.75) is 102 Å². The Bertz CT molecular complexity index is 1120. The molecule has 1 aromatic carbocycles. The van der Waals surface area contributed by atoms with Crippen LogP contribution in [0, 0.1) is 17.1 Å². The SMILES string of the molecule is CC(C#N)N(C(=O)C(CN1C[C@@H]2CC1C(=O)N2C(C)(C)c1ccc(F)cc1)NC(=O)OC(C)(C)C)C1CC1. The van der Waals surface area contributed by atoms with Crippen molar-refractivity contribution in [2.24, 2.45) is 0 Å². The van der Waals surface area contributed by atoms with E-state index in [0.717, 1.165) is 18.4 Å². The number of likely N-dealkylation sites (tertiary alicyclic amines) is 2. The number of benzene rings is 1. The number of halogens is 1. The fraction of sp³-hybridized carbons (Fsp3) is 0.643. The van der Waals surface area contributed by atoms with E-state index in [1.165, 1.54) is 12.1 Å². The molecule has 2 saturated heterocycles. The van der Waals surface area contributed by atoms with Crippen molar-refractivity contribution in [3.8, 4) is 6.07 Å². The number of carbonyl (C=O) groups is 3. The average molecular weight is 528 g/mol. The number of alkyl carbamates (subject to hydrolysis) is 1. The first-order chi connectivity index (χ1) is 17.7. The minimum absolute atomic E-state index is 0.0243. The van der Waals surface area contributed by atoms with Gasteiger partial charge in [-0.15, -0.1) is 0 Å². The van der Waals surface area contributed by atoms with E-state index in [2.05, 4.69) is 11.4 Å². The normalized spacial score (nSPS) is 23.1. The summed E-state index contributed by atoms with van der Waals surface area (Å²) in [6.07, 6.45) is 1.53. The second-order valence-corrected chi connectivity index (χ2v) is 12.1. The lowest BCUT2D eigenvalue weighted by Crippen LogP contribution is -2.61.